The van der Waals surface area contributed by atoms with Crippen molar-refractivity contribution in [1.29, 1.82) is 0 Å². The van der Waals surface area contributed by atoms with Gasteiger partial charge < -0.3 is 15.3 Å². The zero-order valence-corrected chi connectivity index (χ0v) is 20.8. The molecule has 1 aliphatic carbocycles. The van der Waals surface area contributed by atoms with Crippen LogP contribution in [0.4, 0.5) is 10.1 Å². The van der Waals surface area contributed by atoms with Crippen molar-refractivity contribution < 1.29 is 14.3 Å². The molecule has 0 amide bonds. The van der Waals surface area contributed by atoms with E-state index in [0.717, 1.165) is 59.9 Å². The molecule has 0 atom stereocenters. The standard InChI is InChI=1S/C27H31ClFN3O2/c1-15-9-25-21(12-20(15)18-10-23(28)27(34)24(29)11-18)26(22(13-30-25)16(2)33)31-19-7-5-17(6-8-19)14-32(3)4/h9-13,17,19,34H,5-8,14H2,1-4H3,(H,30,31)/t17-,19-. The number of rotatable bonds is 6. The van der Waals surface area contributed by atoms with E-state index in [9.17, 15) is 14.3 Å². The second kappa shape index (κ2) is 9.88. The van der Waals surface area contributed by atoms with E-state index in [1.165, 1.54) is 6.07 Å². The number of hydrogen-bond acceptors (Lipinski definition) is 5. The summed E-state index contributed by atoms with van der Waals surface area (Å²) < 4.78 is 14.2. The largest absolute Gasteiger partial charge is 0.504 e. The van der Waals surface area contributed by atoms with Gasteiger partial charge in [0.1, 0.15) is 0 Å². The zero-order chi connectivity index (χ0) is 24.6. The Morgan fingerprint density at radius 2 is 1.91 bits per heavy atom. The average Bonchev–Trinajstić information content (AvgIpc) is 2.77. The molecule has 0 spiro atoms. The summed E-state index contributed by atoms with van der Waals surface area (Å²) in [6.45, 7) is 4.57. The third kappa shape index (κ3) is 5.03. The number of phenols is 1. The lowest BCUT2D eigenvalue weighted by Gasteiger charge is -2.32. The third-order valence-corrected chi connectivity index (χ3v) is 7.03. The zero-order valence-electron chi connectivity index (χ0n) is 20.1. The molecular formula is C27H31ClFN3O2. The van der Waals surface area contributed by atoms with Crippen molar-refractivity contribution >= 4 is 34.0 Å². The van der Waals surface area contributed by atoms with Crippen LogP contribution in [0.5, 0.6) is 5.75 Å². The number of ketones is 1. The number of phenolic OH excluding ortho intramolecular Hbond substituents is 1. The Hall–Kier alpha value is -2.70. The van der Waals surface area contributed by atoms with Crippen LogP contribution in [0.1, 0.15) is 48.5 Å². The fourth-order valence-corrected chi connectivity index (χ4v) is 5.22. The number of nitrogens with one attached hydrogen (secondary N) is 1. The summed E-state index contributed by atoms with van der Waals surface area (Å²) in [6, 6.07) is 6.97. The van der Waals surface area contributed by atoms with E-state index in [1.807, 2.05) is 19.1 Å². The van der Waals surface area contributed by atoms with Gasteiger partial charge in [0, 0.05) is 24.2 Å². The number of fused-ring (bicyclic) bond motifs is 1. The maximum Gasteiger partial charge on any atom is 0.170 e. The molecule has 0 radical (unpaired) electrons. The maximum absolute atomic E-state index is 14.2. The van der Waals surface area contributed by atoms with Crippen molar-refractivity contribution in [1.82, 2.24) is 9.88 Å². The minimum absolute atomic E-state index is 0.0436. The van der Waals surface area contributed by atoms with Gasteiger partial charge in [0.2, 0.25) is 0 Å². The van der Waals surface area contributed by atoms with Crippen LogP contribution in [0, 0.1) is 18.7 Å². The highest BCUT2D eigenvalue weighted by molar-refractivity contribution is 6.32. The van der Waals surface area contributed by atoms with Gasteiger partial charge in [0.25, 0.3) is 0 Å². The molecule has 180 valence electrons. The summed E-state index contributed by atoms with van der Waals surface area (Å²) in [5.74, 6) is -0.695. The number of halogens is 2. The molecular weight excluding hydrogens is 453 g/mol. The first kappa shape index (κ1) is 24.4. The normalized spacial score (nSPS) is 18.4. The number of anilines is 1. The fourth-order valence-electron chi connectivity index (χ4n) is 5.01. The summed E-state index contributed by atoms with van der Waals surface area (Å²) in [4.78, 5) is 19.3. The number of benzene rings is 2. The molecule has 1 saturated carbocycles. The Kier molecular flexibility index (Phi) is 7.10. The molecule has 1 aromatic heterocycles. The number of aromatic hydroxyl groups is 1. The smallest absolute Gasteiger partial charge is 0.170 e. The lowest BCUT2D eigenvalue weighted by molar-refractivity contribution is 0.101. The van der Waals surface area contributed by atoms with Crippen molar-refractivity contribution in [3.63, 3.8) is 0 Å². The molecule has 34 heavy (non-hydrogen) atoms. The molecule has 3 aromatic rings. The fraction of sp³-hybridized carbons (Fsp3) is 0.407. The second-order valence-corrected chi connectivity index (χ2v) is 10.1. The van der Waals surface area contributed by atoms with Gasteiger partial charge in [-0.1, -0.05) is 11.6 Å². The minimum atomic E-state index is -0.773. The monoisotopic (exact) mass is 483 g/mol. The van der Waals surface area contributed by atoms with Crippen molar-refractivity contribution in [2.45, 2.75) is 45.6 Å². The van der Waals surface area contributed by atoms with Crippen molar-refractivity contribution in [3.05, 3.63) is 52.4 Å². The van der Waals surface area contributed by atoms with Gasteiger partial charge in [-0.25, -0.2) is 4.39 Å². The van der Waals surface area contributed by atoms with Gasteiger partial charge >= 0.3 is 0 Å². The van der Waals surface area contributed by atoms with Crippen LogP contribution in [0.25, 0.3) is 22.0 Å². The maximum atomic E-state index is 14.2. The number of Topliss-reactive ketones (excluding diaryl/α,β-unsaturated/α-hetero) is 1. The summed E-state index contributed by atoms with van der Waals surface area (Å²) in [7, 11) is 4.22. The summed E-state index contributed by atoms with van der Waals surface area (Å²) in [5.41, 5.74) is 4.32. The Balaban J connectivity index is 1.75. The number of carbonyl (C=O) groups excluding carboxylic acids is 1. The number of aryl methyl sites for hydroxylation is 1. The molecule has 1 heterocycles. The minimum Gasteiger partial charge on any atom is -0.504 e. The summed E-state index contributed by atoms with van der Waals surface area (Å²) in [6.07, 6.45) is 6.00. The number of carbonyl (C=O) groups is 1. The first-order valence-corrected chi connectivity index (χ1v) is 12.1. The van der Waals surface area contributed by atoms with Gasteiger partial charge in [0.15, 0.2) is 17.3 Å². The molecule has 2 N–H and O–H groups in total. The highest BCUT2D eigenvalue weighted by Crippen LogP contribution is 2.38. The lowest BCUT2D eigenvalue weighted by Crippen LogP contribution is -2.31. The van der Waals surface area contributed by atoms with E-state index < -0.39 is 11.6 Å². The van der Waals surface area contributed by atoms with E-state index in [2.05, 4.69) is 29.3 Å². The van der Waals surface area contributed by atoms with Crippen LogP contribution in [-0.4, -0.2) is 47.5 Å². The Labute approximate surface area is 204 Å². The van der Waals surface area contributed by atoms with Gasteiger partial charge in [-0.15, -0.1) is 0 Å². The number of hydrogen-bond donors (Lipinski definition) is 2. The van der Waals surface area contributed by atoms with Crippen LogP contribution in [0.3, 0.4) is 0 Å². The van der Waals surface area contributed by atoms with E-state index in [1.54, 1.807) is 19.2 Å². The van der Waals surface area contributed by atoms with E-state index in [0.29, 0.717) is 17.0 Å². The molecule has 2 aromatic carbocycles. The highest BCUT2D eigenvalue weighted by atomic mass is 35.5. The first-order chi connectivity index (χ1) is 16.1. The molecule has 0 bridgehead atoms. The van der Waals surface area contributed by atoms with E-state index in [4.69, 9.17) is 11.6 Å². The first-order valence-electron chi connectivity index (χ1n) is 11.7. The Morgan fingerprint density at radius 3 is 2.53 bits per heavy atom. The lowest BCUT2D eigenvalue weighted by atomic mass is 9.85. The molecule has 4 rings (SSSR count). The number of pyridine rings is 1. The summed E-state index contributed by atoms with van der Waals surface area (Å²) >= 11 is 6.05. The molecule has 1 aliphatic rings. The molecule has 0 saturated heterocycles. The topological polar surface area (TPSA) is 65.5 Å². The van der Waals surface area contributed by atoms with Crippen molar-refractivity contribution in [2.24, 2.45) is 5.92 Å². The number of nitrogens with zero attached hydrogens (tertiary/aromatic N) is 2. The predicted molar refractivity (Wildman–Crippen MR) is 136 cm³/mol. The van der Waals surface area contributed by atoms with Gasteiger partial charge in [-0.2, -0.15) is 0 Å². The van der Waals surface area contributed by atoms with Crippen LogP contribution in [0.2, 0.25) is 5.02 Å². The SMILES string of the molecule is CC(=O)c1cnc2cc(C)c(-c3cc(F)c(O)c(Cl)c3)cc2c1N[C@H]1CC[C@H](CN(C)C)CC1. The Bertz CT molecular complexity index is 1210. The molecule has 0 unspecified atom stereocenters. The van der Waals surface area contributed by atoms with Crippen LogP contribution >= 0.6 is 11.6 Å². The quantitative estimate of drug-likeness (QED) is 0.395. The van der Waals surface area contributed by atoms with Crippen LogP contribution in [-0.2, 0) is 0 Å². The Morgan fingerprint density at radius 1 is 1.21 bits per heavy atom. The molecule has 0 aliphatic heterocycles. The molecule has 7 heteroatoms. The van der Waals surface area contributed by atoms with Gasteiger partial charge in [-0.05, 0) is 100 Å². The second-order valence-electron chi connectivity index (χ2n) is 9.70. The van der Waals surface area contributed by atoms with Crippen LogP contribution < -0.4 is 5.32 Å². The molecule has 1 fully saturated rings. The predicted octanol–water partition coefficient (Wildman–Crippen LogP) is 6.44. The third-order valence-electron chi connectivity index (χ3n) is 6.74. The highest BCUT2D eigenvalue weighted by Gasteiger charge is 2.24. The van der Waals surface area contributed by atoms with Crippen molar-refractivity contribution in [3.8, 4) is 16.9 Å². The van der Waals surface area contributed by atoms with Gasteiger partial charge in [0.05, 0.1) is 21.8 Å². The van der Waals surface area contributed by atoms with Crippen LogP contribution in [0.15, 0.2) is 30.5 Å². The van der Waals surface area contributed by atoms with E-state index in [-0.39, 0.29) is 16.8 Å². The average molecular weight is 484 g/mol. The van der Waals surface area contributed by atoms with Gasteiger partial charge in [-0.3, -0.25) is 9.78 Å². The van der Waals surface area contributed by atoms with Crippen molar-refractivity contribution in [2.75, 3.05) is 26.0 Å². The number of aromatic nitrogens is 1. The molecule has 5 nitrogen and oxygen atoms in total. The van der Waals surface area contributed by atoms with E-state index >= 15 is 0 Å². The summed E-state index contributed by atoms with van der Waals surface area (Å²) in [5, 5.41) is 14.2.